The summed E-state index contributed by atoms with van der Waals surface area (Å²) in [6, 6.07) is 17.9. The van der Waals surface area contributed by atoms with Crippen LogP contribution in [-0.2, 0) is 0 Å². The fraction of sp³-hybridized carbons (Fsp3) is 0.0625. The highest BCUT2D eigenvalue weighted by atomic mass is 15.2. The Bertz CT molecular complexity index is 678. The quantitative estimate of drug-likeness (QED) is 0.451. The van der Waals surface area contributed by atoms with Gasteiger partial charge in [0.15, 0.2) is 5.70 Å². The molecule has 0 fully saturated rings. The molecule has 0 unspecified atom stereocenters. The van der Waals surface area contributed by atoms with Gasteiger partial charge in [-0.15, -0.1) is 0 Å². The van der Waals surface area contributed by atoms with E-state index in [9.17, 15) is 0 Å². The maximum absolute atomic E-state index is 8.94. The summed E-state index contributed by atoms with van der Waals surface area (Å²) in [7, 11) is 0. The van der Waals surface area contributed by atoms with Crippen LogP contribution in [0, 0.1) is 18.3 Å². The first kappa shape index (κ1) is 13.7. The van der Waals surface area contributed by atoms with Crippen molar-refractivity contribution in [2.75, 3.05) is 0 Å². The number of hydrogen-bond acceptors (Lipinski definition) is 4. The molecule has 0 aliphatic heterocycles. The van der Waals surface area contributed by atoms with E-state index < -0.39 is 0 Å². The van der Waals surface area contributed by atoms with Gasteiger partial charge in [0.05, 0.1) is 5.70 Å². The van der Waals surface area contributed by atoms with Crippen LogP contribution < -0.4 is 17.0 Å². The third kappa shape index (κ3) is 2.79. The molecule has 20 heavy (non-hydrogen) atoms. The molecule has 4 heteroatoms. The number of nitrogens with zero attached hydrogens (tertiary/aromatic N) is 1. The molecule has 0 aliphatic carbocycles. The van der Waals surface area contributed by atoms with Gasteiger partial charge in [-0.1, -0.05) is 48.0 Å². The molecule has 0 atom stereocenters. The lowest BCUT2D eigenvalue weighted by molar-refractivity contribution is 0.920. The molecule has 0 radical (unpaired) electrons. The third-order valence-electron chi connectivity index (χ3n) is 3.08. The second-order valence-corrected chi connectivity index (χ2v) is 4.49. The van der Waals surface area contributed by atoms with Gasteiger partial charge < -0.3 is 11.2 Å². The van der Waals surface area contributed by atoms with Crippen molar-refractivity contribution in [1.82, 2.24) is 5.43 Å². The smallest absolute Gasteiger partial charge is 0.151 e. The topological polar surface area (TPSA) is 87.9 Å². The fourth-order valence-corrected chi connectivity index (χ4v) is 1.93. The standard InChI is InChI=1S/C16H16N4/c1-11-5-7-12(8-6-11)13-3-2-4-14(9-13)16(18)15(10-17)20-19/h2-9,20H,18-19H2,1H3/b16-15-. The highest BCUT2D eigenvalue weighted by Crippen LogP contribution is 2.23. The molecule has 5 N–H and O–H groups in total. The van der Waals surface area contributed by atoms with Crippen LogP contribution in [0.2, 0.25) is 0 Å². The van der Waals surface area contributed by atoms with E-state index in [0.29, 0.717) is 5.70 Å². The van der Waals surface area contributed by atoms with Crippen LogP contribution >= 0.6 is 0 Å². The van der Waals surface area contributed by atoms with Gasteiger partial charge >= 0.3 is 0 Å². The van der Waals surface area contributed by atoms with Crippen LogP contribution in [0.3, 0.4) is 0 Å². The van der Waals surface area contributed by atoms with Crippen LogP contribution in [0.25, 0.3) is 16.8 Å². The fourth-order valence-electron chi connectivity index (χ4n) is 1.93. The monoisotopic (exact) mass is 264 g/mol. The van der Waals surface area contributed by atoms with Gasteiger partial charge in [-0.2, -0.15) is 5.26 Å². The van der Waals surface area contributed by atoms with Gasteiger partial charge in [-0.05, 0) is 24.1 Å². The van der Waals surface area contributed by atoms with Crippen molar-refractivity contribution >= 4 is 5.70 Å². The molecular weight excluding hydrogens is 248 g/mol. The molecule has 4 nitrogen and oxygen atoms in total. The lowest BCUT2D eigenvalue weighted by atomic mass is 10.0. The van der Waals surface area contributed by atoms with E-state index in [1.54, 1.807) is 0 Å². The molecule has 0 aliphatic rings. The van der Waals surface area contributed by atoms with Gasteiger partial charge in [0.25, 0.3) is 0 Å². The first-order valence-corrected chi connectivity index (χ1v) is 6.19. The zero-order chi connectivity index (χ0) is 14.5. The second-order valence-electron chi connectivity index (χ2n) is 4.49. The minimum Gasteiger partial charge on any atom is -0.396 e. The van der Waals surface area contributed by atoms with Crippen LogP contribution in [0.1, 0.15) is 11.1 Å². The van der Waals surface area contributed by atoms with Gasteiger partial charge in [0.1, 0.15) is 6.07 Å². The number of aryl methyl sites for hydroxylation is 1. The molecule has 2 aromatic carbocycles. The molecule has 0 amide bonds. The molecule has 0 saturated carbocycles. The Morgan fingerprint density at radius 1 is 1.10 bits per heavy atom. The molecule has 0 heterocycles. The molecule has 0 bridgehead atoms. The second kappa shape index (κ2) is 5.91. The van der Waals surface area contributed by atoms with Crippen molar-refractivity contribution in [3.8, 4) is 17.2 Å². The predicted octanol–water partition coefficient (Wildman–Crippen LogP) is 2.28. The summed E-state index contributed by atoms with van der Waals surface area (Å²) in [6.45, 7) is 2.05. The number of benzene rings is 2. The zero-order valence-electron chi connectivity index (χ0n) is 11.2. The van der Waals surface area contributed by atoms with E-state index in [2.05, 4.69) is 29.7 Å². The van der Waals surface area contributed by atoms with Crippen molar-refractivity contribution in [2.24, 2.45) is 11.6 Å². The molecule has 0 saturated heterocycles. The highest BCUT2D eigenvalue weighted by Gasteiger charge is 2.06. The van der Waals surface area contributed by atoms with E-state index in [1.807, 2.05) is 37.3 Å². The lowest BCUT2D eigenvalue weighted by Gasteiger charge is -2.08. The number of hydrazine groups is 1. The molecule has 2 aromatic rings. The van der Waals surface area contributed by atoms with Crippen molar-refractivity contribution in [2.45, 2.75) is 6.92 Å². The summed E-state index contributed by atoms with van der Waals surface area (Å²) in [5.41, 5.74) is 12.9. The van der Waals surface area contributed by atoms with Crippen LogP contribution in [0.5, 0.6) is 0 Å². The molecule has 2 rings (SSSR count). The Hall–Kier alpha value is -2.77. The molecule has 100 valence electrons. The summed E-state index contributed by atoms with van der Waals surface area (Å²) in [5.74, 6) is 5.28. The van der Waals surface area contributed by atoms with Gasteiger partial charge in [0, 0.05) is 5.56 Å². The number of allylic oxidation sites excluding steroid dienone is 1. The first-order chi connectivity index (χ1) is 9.65. The lowest BCUT2D eigenvalue weighted by Crippen LogP contribution is -2.23. The Balaban J connectivity index is 2.46. The molecule has 0 spiro atoms. The molecular formula is C16H16N4. The number of hydrogen-bond donors (Lipinski definition) is 3. The van der Waals surface area contributed by atoms with E-state index >= 15 is 0 Å². The van der Waals surface area contributed by atoms with Crippen LogP contribution in [0.4, 0.5) is 0 Å². The van der Waals surface area contributed by atoms with Crippen LogP contribution in [-0.4, -0.2) is 0 Å². The van der Waals surface area contributed by atoms with E-state index in [4.69, 9.17) is 16.8 Å². The number of nitrogens with two attached hydrogens (primary N) is 2. The summed E-state index contributed by atoms with van der Waals surface area (Å²) in [6.07, 6.45) is 0. The minimum absolute atomic E-state index is 0.158. The van der Waals surface area contributed by atoms with Gasteiger partial charge in [-0.25, -0.2) is 5.84 Å². The number of nitriles is 1. The normalized spacial score (nSPS) is 11.4. The van der Waals surface area contributed by atoms with Crippen molar-refractivity contribution < 1.29 is 0 Å². The average Bonchev–Trinajstić information content (AvgIpc) is 2.49. The van der Waals surface area contributed by atoms with Gasteiger partial charge in [-0.3, -0.25) is 0 Å². The maximum atomic E-state index is 8.94. The van der Waals surface area contributed by atoms with Crippen molar-refractivity contribution in [3.63, 3.8) is 0 Å². The molecule has 0 aromatic heterocycles. The Morgan fingerprint density at radius 3 is 2.40 bits per heavy atom. The SMILES string of the molecule is Cc1ccc(-c2cccc(/C(N)=C(\C#N)NN)c2)cc1. The Labute approximate surface area is 118 Å². The van der Waals surface area contributed by atoms with Gasteiger partial charge in [0.2, 0.25) is 0 Å². The minimum atomic E-state index is 0.158. The summed E-state index contributed by atoms with van der Waals surface area (Å²) >= 11 is 0. The van der Waals surface area contributed by atoms with E-state index in [1.165, 1.54) is 5.56 Å². The van der Waals surface area contributed by atoms with E-state index in [-0.39, 0.29) is 5.70 Å². The average molecular weight is 264 g/mol. The summed E-state index contributed by atoms with van der Waals surface area (Å²) in [5, 5.41) is 8.94. The Morgan fingerprint density at radius 2 is 1.80 bits per heavy atom. The van der Waals surface area contributed by atoms with Crippen LogP contribution in [0.15, 0.2) is 54.2 Å². The Kier molecular flexibility index (Phi) is 4.04. The zero-order valence-corrected chi connectivity index (χ0v) is 11.2. The number of rotatable bonds is 3. The summed E-state index contributed by atoms with van der Waals surface area (Å²) < 4.78 is 0. The largest absolute Gasteiger partial charge is 0.396 e. The maximum Gasteiger partial charge on any atom is 0.151 e. The third-order valence-corrected chi connectivity index (χ3v) is 3.08. The van der Waals surface area contributed by atoms with Crippen molar-refractivity contribution in [1.29, 1.82) is 5.26 Å². The van der Waals surface area contributed by atoms with E-state index in [0.717, 1.165) is 16.7 Å². The van der Waals surface area contributed by atoms with Crippen molar-refractivity contribution in [3.05, 3.63) is 65.4 Å². The predicted molar refractivity (Wildman–Crippen MR) is 80.7 cm³/mol. The number of nitrogens with one attached hydrogen (secondary N) is 1. The first-order valence-electron chi connectivity index (χ1n) is 6.19. The summed E-state index contributed by atoms with van der Waals surface area (Å²) in [4.78, 5) is 0. The highest BCUT2D eigenvalue weighted by molar-refractivity contribution is 5.74.